The Labute approximate surface area is 221 Å². The van der Waals surface area contributed by atoms with Crippen LogP contribution in [0.3, 0.4) is 0 Å². The molecule has 2 N–H and O–H groups in total. The molecule has 0 bridgehead atoms. The Bertz CT molecular complexity index is 1390. The van der Waals surface area contributed by atoms with Crippen LogP contribution in [0.25, 0.3) is 10.9 Å². The third-order valence-corrected chi connectivity index (χ3v) is 7.83. The van der Waals surface area contributed by atoms with Crippen LogP contribution in [0.1, 0.15) is 26.7 Å². The van der Waals surface area contributed by atoms with Crippen LogP contribution in [0.5, 0.6) is 5.88 Å². The van der Waals surface area contributed by atoms with Gasteiger partial charge in [-0.2, -0.15) is 0 Å². The molecule has 2 amide bonds. The van der Waals surface area contributed by atoms with Crippen molar-refractivity contribution in [2.45, 2.75) is 50.2 Å². The van der Waals surface area contributed by atoms with E-state index in [1.165, 1.54) is 12.1 Å². The second kappa shape index (κ2) is 11.1. The fourth-order valence-corrected chi connectivity index (χ4v) is 5.21. The summed E-state index contributed by atoms with van der Waals surface area (Å²) >= 11 is 5.92. The van der Waals surface area contributed by atoms with E-state index in [0.29, 0.717) is 27.7 Å². The van der Waals surface area contributed by atoms with E-state index >= 15 is 0 Å². The van der Waals surface area contributed by atoms with Crippen molar-refractivity contribution in [3.63, 3.8) is 0 Å². The van der Waals surface area contributed by atoms with E-state index in [-0.39, 0.29) is 29.3 Å². The third kappa shape index (κ3) is 6.82. The number of amides is 2. The lowest BCUT2D eigenvalue weighted by Gasteiger charge is -2.34. The summed E-state index contributed by atoms with van der Waals surface area (Å²) in [6.07, 6.45) is 2.14. The lowest BCUT2D eigenvalue weighted by molar-refractivity contribution is -0.116. The average molecular weight is 547 g/mol. The first-order chi connectivity index (χ1) is 17.5. The highest BCUT2D eigenvalue weighted by atomic mass is 35.5. The quantitative estimate of drug-likeness (QED) is 0.457. The minimum atomic E-state index is -3.44. The number of ether oxygens (including phenoxy) is 1. The molecule has 37 heavy (non-hydrogen) atoms. The van der Waals surface area contributed by atoms with Crippen molar-refractivity contribution in [1.29, 1.82) is 0 Å². The number of nitrogens with one attached hydrogen (secondary N) is 2. The number of carbonyl (C=O) groups excluding carboxylic acids is 2. The summed E-state index contributed by atoms with van der Waals surface area (Å²) in [5.41, 5.74) is 1.13. The number of halogens is 1. The number of nitrogens with zero attached hydrogens (tertiary/aromatic N) is 2. The van der Waals surface area contributed by atoms with Gasteiger partial charge < -0.3 is 24.8 Å². The largest absolute Gasteiger partial charge is 0.414 e. The summed E-state index contributed by atoms with van der Waals surface area (Å²) in [4.78, 5) is 28.1. The zero-order valence-corrected chi connectivity index (χ0v) is 22.6. The molecule has 1 aromatic heterocycles. The van der Waals surface area contributed by atoms with Gasteiger partial charge in [0.2, 0.25) is 11.8 Å². The van der Waals surface area contributed by atoms with Gasteiger partial charge in [0.15, 0.2) is 9.84 Å². The molecule has 1 aliphatic rings. The molecule has 0 spiro atoms. The highest BCUT2D eigenvalue weighted by Gasteiger charge is 2.24. The number of carbonyl (C=O) groups is 2. The summed E-state index contributed by atoms with van der Waals surface area (Å²) in [6.45, 7) is 5.93. The van der Waals surface area contributed by atoms with Crippen LogP contribution in [0.4, 0.5) is 10.5 Å². The maximum absolute atomic E-state index is 12.9. The number of rotatable bonds is 7. The fraction of sp³-hybridized carbons (Fsp3) is 0.385. The lowest BCUT2D eigenvalue weighted by atomic mass is 10.0. The van der Waals surface area contributed by atoms with Crippen molar-refractivity contribution in [2.24, 2.45) is 0 Å². The van der Waals surface area contributed by atoms with Crippen molar-refractivity contribution in [3.8, 4) is 5.88 Å². The van der Waals surface area contributed by atoms with Gasteiger partial charge in [-0.1, -0.05) is 11.6 Å². The van der Waals surface area contributed by atoms with E-state index < -0.39 is 15.9 Å². The lowest BCUT2D eigenvalue weighted by Crippen LogP contribution is -2.47. The predicted molar refractivity (Wildman–Crippen MR) is 144 cm³/mol. The van der Waals surface area contributed by atoms with Gasteiger partial charge in [0.25, 0.3) is 0 Å². The maximum atomic E-state index is 12.9. The second-order valence-electron chi connectivity index (χ2n) is 9.55. The zero-order chi connectivity index (χ0) is 26.7. The summed E-state index contributed by atoms with van der Waals surface area (Å²) < 4.78 is 31.3. The van der Waals surface area contributed by atoms with Gasteiger partial charge in [0.1, 0.15) is 6.54 Å². The molecule has 9 nitrogen and oxygen atoms in total. The fourth-order valence-electron chi connectivity index (χ4n) is 4.43. The van der Waals surface area contributed by atoms with Crippen molar-refractivity contribution in [1.82, 2.24) is 14.8 Å². The smallest absolute Gasteiger partial charge is 0.393 e. The van der Waals surface area contributed by atoms with Crippen LogP contribution >= 0.6 is 11.6 Å². The highest BCUT2D eigenvalue weighted by Crippen LogP contribution is 2.28. The van der Waals surface area contributed by atoms with Crippen LogP contribution < -0.4 is 15.4 Å². The monoisotopic (exact) mass is 546 g/mol. The molecule has 11 heteroatoms. The number of hydrogen-bond acceptors (Lipinski definition) is 6. The summed E-state index contributed by atoms with van der Waals surface area (Å²) in [7, 11) is -3.44. The van der Waals surface area contributed by atoms with Gasteiger partial charge in [0.05, 0.1) is 10.4 Å². The van der Waals surface area contributed by atoms with Gasteiger partial charge >= 0.3 is 6.09 Å². The van der Waals surface area contributed by atoms with Crippen molar-refractivity contribution < 1.29 is 22.7 Å². The Morgan fingerprint density at radius 2 is 1.76 bits per heavy atom. The third-order valence-electron chi connectivity index (χ3n) is 6.47. The number of sulfone groups is 1. The number of likely N-dealkylation sites (tertiary alicyclic amines) is 1. The number of benzene rings is 2. The Kier molecular flexibility index (Phi) is 8.11. The molecule has 3 aromatic rings. The molecule has 2 aromatic carbocycles. The first-order valence-electron chi connectivity index (χ1n) is 12.1. The predicted octanol–water partition coefficient (Wildman–Crippen LogP) is 4.30. The van der Waals surface area contributed by atoms with E-state index in [1.807, 2.05) is 0 Å². The normalized spacial score (nSPS) is 15.2. The number of piperidine rings is 1. The number of hydrogen-bond donors (Lipinski definition) is 2. The maximum Gasteiger partial charge on any atom is 0.414 e. The van der Waals surface area contributed by atoms with Gasteiger partial charge in [-0.25, -0.2) is 13.2 Å². The van der Waals surface area contributed by atoms with E-state index in [0.717, 1.165) is 32.2 Å². The topological polar surface area (TPSA) is 110 Å². The molecule has 0 radical (unpaired) electrons. The van der Waals surface area contributed by atoms with Crippen LogP contribution in [0.2, 0.25) is 5.02 Å². The number of anilines is 1. The van der Waals surface area contributed by atoms with Crippen molar-refractivity contribution >= 4 is 50.0 Å². The van der Waals surface area contributed by atoms with Gasteiger partial charge in [0, 0.05) is 53.6 Å². The Morgan fingerprint density at radius 1 is 1.08 bits per heavy atom. The van der Waals surface area contributed by atoms with Gasteiger partial charge in [-0.05, 0) is 69.2 Å². The van der Waals surface area contributed by atoms with Crippen LogP contribution in [0, 0.1) is 0 Å². The molecule has 2 heterocycles. The number of fused-ring (bicyclic) bond motifs is 1. The summed E-state index contributed by atoms with van der Waals surface area (Å²) in [5, 5.41) is 6.80. The molecule has 1 saturated heterocycles. The Morgan fingerprint density at radius 3 is 2.38 bits per heavy atom. The molecule has 198 valence electrons. The number of aromatic nitrogens is 1. The standard InChI is InChI=1S/C26H31ClN4O5S/c1-17(2)30-12-10-21(11-13-30)29-26(33)36-25-15-18-14-22(37(3,34)35)8-9-23(18)31(25)16-24(32)28-20-6-4-19(27)5-7-20/h4-9,14-15,17,21H,10-13,16H2,1-3H3,(H,28,32)(H,29,33). The Hall–Kier alpha value is -3.08. The van der Waals surface area contributed by atoms with Crippen molar-refractivity contribution in [2.75, 3.05) is 24.7 Å². The van der Waals surface area contributed by atoms with Crippen LogP contribution in [-0.4, -0.2) is 61.3 Å². The first-order valence-corrected chi connectivity index (χ1v) is 14.4. The minimum Gasteiger partial charge on any atom is -0.393 e. The molecule has 1 aliphatic heterocycles. The van der Waals surface area contributed by atoms with Gasteiger partial charge in [-0.3, -0.25) is 4.79 Å². The SMILES string of the molecule is CC(C)N1CCC(NC(=O)Oc2cc3cc(S(C)(=O)=O)ccc3n2CC(=O)Nc2ccc(Cl)cc2)CC1. The molecule has 0 atom stereocenters. The molecular weight excluding hydrogens is 516 g/mol. The average Bonchev–Trinajstić information content (AvgIpc) is 3.16. The summed E-state index contributed by atoms with van der Waals surface area (Å²) in [5.74, 6) is -0.206. The molecule has 1 fully saturated rings. The first kappa shape index (κ1) is 27.0. The van der Waals surface area contributed by atoms with E-state index in [4.69, 9.17) is 16.3 Å². The van der Waals surface area contributed by atoms with Crippen molar-refractivity contribution in [3.05, 3.63) is 53.6 Å². The van der Waals surface area contributed by atoms with E-state index in [1.54, 1.807) is 41.0 Å². The van der Waals surface area contributed by atoms with Gasteiger partial charge in [-0.15, -0.1) is 0 Å². The molecule has 0 aliphatic carbocycles. The van der Waals surface area contributed by atoms with E-state index in [2.05, 4.69) is 29.4 Å². The highest BCUT2D eigenvalue weighted by molar-refractivity contribution is 7.90. The van der Waals surface area contributed by atoms with Crippen LogP contribution in [-0.2, 0) is 21.2 Å². The molecule has 0 unspecified atom stereocenters. The summed E-state index contributed by atoms with van der Waals surface area (Å²) in [6, 6.07) is 13.3. The Balaban J connectivity index is 1.54. The second-order valence-corrected chi connectivity index (χ2v) is 12.0. The van der Waals surface area contributed by atoms with Crippen LogP contribution in [0.15, 0.2) is 53.4 Å². The van der Waals surface area contributed by atoms with E-state index in [9.17, 15) is 18.0 Å². The molecular formula is C26H31ClN4O5S. The molecule has 0 saturated carbocycles. The zero-order valence-electron chi connectivity index (χ0n) is 21.0. The molecule has 4 rings (SSSR count). The minimum absolute atomic E-state index is 0.00892.